The van der Waals surface area contributed by atoms with Crippen LogP contribution in [0.2, 0.25) is 0 Å². The van der Waals surface area contributed by atoms with E-state index in [0.29, 0.717) is 11.4 Å². The van der Waals surface area contributed by atoms with Gasteiger partial charge >= 0.3 is 0 Å². The third-order valence-electron chi connectivity index (χ3n) is 2.05. The zero-order valence-corrected chi connectivity index (χ0v) is 10.2. The van der Waals surface area contributed by atoms with E-state index in [9.17, 15) is 9.18 Å². The maximum Gasteiger partial charge on any atom is 0.226 e. The Kier molecular flexibility index (Phi) is 4.07. The highest BCUT2D eigenvalue weighted by Gasteiger charge is 2.17. The van der Waals surface area contributed by atoms with Crippen molar-refractivity contribution in [1.29, 1.82) is 0 Å². The van der Waals surface area contributed by atoms with Gasteiger partial charge in [-0.2, -0.15) is 0 Å². The van der Waals surface area contributed by atoms with E-state index in [0.717, 1.165) is 0 Å². The van der Waals surface area contributed by atoms with Crippen LogP contribution in [0.15, 0.2) is 18.2 Å². The van der Waals surface area contributed by atoms with Gasteiger partial charge in [0.15, 0.2) is 0 Å². The number of anilines is 1. The predicted octanol–water partition coefficient (Wildman–Crippen LogP) is 1.90. The summed E-state index contributed by atoms with van der Waals surface area (Å²) in [6.07, 6.45) is 0.146. The van der Waals surface area contributed by atoms with Gasteiger partial charge < -0.3 is 15.8 Å². The van der Waals surface area contributed by atoms with Crippen molar-refractivity contribution in [2.24, 2.45) is 5.73 Å². The molecule has 0 fully saturated rings. The molecule has 0 saturated heterocycles. The maximum atomic E-state index is 13.0. The zero-order valence-electron chi connectivity index (χ0n) is 10.2. The van der Waals surface area contributed by atoms with Gasteiger partial charge in [0.2, 0.25) is 5.91 Å². The molecule has 4 nitrogen and oxygen atoms in total. The predicted molar refractivity (Wildman–Crippen MR) is 64.5 cm³/mol. The fourth-order valence-corrected chi connectivity index (χ4v) is 1.39. The van der Waals surface area contributed by atoms with Crippen molar-refractivity contribution < 1.29 is 13.9 Å². The number of halogens is 1. The minimum atomic E-state index is -0.607. The number of hydrogen-bond donors (Lipinski definition) is 2. The average molecular weight is 240 g/mol. The molecule has 94 valence electrons. The molecular formula is C12H17FN2O2. The Balaban J connectivity index is 2.80. The van der Waals surface area contributed by atoms with Crippen molar-refractivity contribution in [3.8, 4) is 5.75 Å². The monoisotopic (exact) mass is 240 g/mol. The Morgan fingerprint density at radius 2 is 2.18 bits per heavy atom. The molecule has 0 aromatic heterocycles. The Bertz CT molecular complexity index is 413. The minimum absolute atomic E-state index is 0.146. The molecule has 0 radical (unpaired) electrons. The molecule has 1 rings (SSSR count). The van der Waals surface area contributed by atoms with Crippen LogP contribution in [0.5, 0.6) is 5.75 Å². The van der Waals surface area contributed by atoms with Gasteiger partial charge in [0.25, 0.3) is 0 Å². The highest BCUT2D eigenvalue weighted by atomic mass is 19.1. The lowest BCUT2D eigenvalue weighted by Crippen LogP contribution is -2.36. The van der Waals surface area contributed by atoms with Crippen LogP contribution in [0.25, 0.3) is 0 Å². The number of rotatable bonds is 4. The van der Waals surface area contributed by atoms with Crippen LogP contribution < -0.4 is 15.8 Å². The standard InChI is InChI=1S/C12H17FN2O2/c1-12(2,14)7-11(16)15-9-6-8(13)4-5-10(9)17-3/h4-6H,7,14H2,1-3H3,(H,15,16). The van der Waals surface area contributed by atoms with Gasteiger partial charge in [-0.15, -0.1) is 0 Å². The number of nitrogens with one attached hydrogen (secondary N) is 1. The van der Waals surface area contributed by atoms with E-state index in [4.69, 9.17) is 10.5 Å². The number of hydrogen-bond acceptors (Lipinski definition) is 3. The van der Waals surface area contributed by atoms with E-state index in [1.807, 2.05) is 0 Å². The second kappa shape index (κ2) is 5.14. The van der Waals surface area contributed by atoms with Crippen molar-refractivity contribution in [2.75, 3.05) is 12.4 Å². The number of nitrogens with two attached hydrogens (primary N) is 1. The first kappa shape index (κ1) is 13.4. The number of ether oxygens (including phenoxy) is 1. The van der Waals surface area contributed by atoms with E-state index in [1.165, 1.54) is 25.3 Å². The summed E-state index contributed by atoms with van der Waals surface area (Å²) in [5.41, 5.74) is 5.42. The molecule has 0 atom stereocenters. The fraction of sp³-hybridized carbons (Fsp3) is 0.417. The largest absolute Gasteiger partial charge is 0.495 e. The molecule has 0 unspecified atom stereocenters. The molecule has 3 N–H and O–H groups in total. The molecule has 5 heteroatoms. The van der Waals surface area contributed by atoms with E-state index in [2.05, 4.69) is 5.32 Å². The second-order valence-electron chi connectivity index (χ2n) is 4.56. The van der Waals surface area contributed by atoms with Gasteiger partial charge in [-0.05, 0) is 26.0 Å². The van der Waals surface area contributed by atoms with E-state index in [-0.39, 0.29) is 12.3 Å². The molecule has 1 amide bonds. The Hall–Kier alpha value is -1.62. The molecule has 1 aromatic rings. The van der Waals surface area contributed by atoms with Gasteiger partial charge in [-0.1, -0.05) is 0 Å². The Labute approximate surface area is 100.0 Å². The van der Waals surface area contributed by atoms with Crippen molar-refractivity contribution in [3.63, 3.8) is 0 Å². The van der Waals surface area contributed by atoms with E-state index < -0.39 is 11.4 Å². The average Bonchev–Trinajstić information content (AvgIpc) is 2.14. The van der Waals surface area contributed by atoms with Crippen LogP contribution in [-0.2, 0) is 4.79 Å². The van der Waals surface area contributed by atoms with Crippen molar-refractivity contribution in [1.82, 2.24) is 0 Å². The fourth-order valence-electron chi connectivity index (χ4n) is 1.39. The maximum absolute atomic E-state index is 13.0. The van der Waals surface area contributed by atoms with Gasteiger partial charge in [-0.25, -0.2) is 4.39 Å². The summed E-state index contributed by atoms with van der Waals surface area (Å²) in [4.78, 5) is 11.6. The van der Waals surface area contributed by atoms with Crippen LogP contribution in [-0.4, -0.2) is 18.6 Å². The Morgan fingerprint density at radius 3 is 2.71 bits per heavy atom. The molecule has 0 aliphatic heterocycles. The summed E-state index contributed by atoms with van der Waals surface area (Å²) < 4.78 is 18.1. The molecule has 0 aliphatic carbocycles. The molecule has 0 saturated carbocycles. The van der Waals surface area contributed by atoms with Crippen LogP contribution in [0, 0.1) is 5.82 Å². The minimum Gasteiger partial charge on any atom is -0.495 e. The number of methoxy groups -OCH3 is 1. The third kappa shape index (κ3) is 4.40. The van der Waals surface area contributed by atoms with Crippen LogP contribution in [0.3, 0.4) is 0 Å². The van der Waals surface area contributed by atoms with Crippen LogP contribution in [0.1, 0.15) is 20.3 Å². The molecule has 17 heavy (non-hydrogen) atoms. The summed E-state index contributed by atoms with van der Waals surface area (Å²) in [6.45, 7) is 3.49. The smallest absolute Gasteiger partial charge is 0.226 e. The molecule has 0 aliphatic rings. The molecule has 0 heterocycles. The summed E-state index contributed by atoms with van der Waals surface area (Å²) >= 11 is 0. The number of carbonyl (C=O) groups is 1. The quantitative estimate of drug-likeness (QED) is 0.844. The topological polar surface area (TPSA) is 64.3 Å². The normalized spacial score (nSPS) is 11.1. The third-order valence-corrected chi connectivity index (χ3v) is 2.05. The van der Waals surface area contributed by atoms with Crippen LogP contribution in [0.4, 0.5) is 10.1 Å². The van der Waals surface area contributed by atoms with Crippen molar-refractivity contribution in [2.45, 2.75) is 25.8 Å². The summed E-state index contributed by atoms with van der Waals surface area (Å²) in [6, 6.07) is 3.93. The van der Waals surface area contributed by atoms with Crippen molar-refractivity contribution in [3.05, 3.63) is 24.0 Å². The zero-order chi connectivity index (χ0) is 13.1. The molecule has 0 bridgehead atoms. The summed E-state index contributed by atoms with van der Waals surface area (Å²) in [5.74, 6) is -0.302. The molecule has 0 spiro atoms. The molecule has 1 aromatic carbocycles. The number of benzene rings is 1. The first-order valence-electron chi connectivity index (χ1n) is 5.24. The number of amides is 1. The second-order valence-corrected chi connectivity index (χ2v) is 4.56. The molecular weight excluding hydrogens is 223 g/mol. The lowest BCUT2D eigenvalue weighted by molar-refractivity contribution is -0.117. The first-order valence-corrected chi connectivity index (χ1v) is 5.24. The van der Waals surface area contributed by atoms with Crippen LogP contribution >= 0.6 is 0 Å². The lowest BCUT2D eigenvalue weighted by Gasteiger charge is -2.18. The SMILES string of the molecule is COc1ccc(F)cc1NC(=O)CC(C)(C)N. The highest BCUT2D eigenvalue weighted by molar-refractivity contribution is 5.92. The van der Waals surface area contributed by atoms with Gasteiger partial charge in [-0.3, -0.25) is 4.79 Å². The van der Waals surface area contributed by atoms with E-state index >= 15 is 0 Å². The lowest BCUT2D eigenvalue weighted by atomic mass is 10.0. The Morgan fingerprint density at radius 1 is 1.53 bits per heavy atom. The van der Waals surface area contributed by atoms with Crippen molar-refractivity contribution >= 4 is 11.6 Å². The van der Waals surface area contributed by atoms with Gasteiger partial charge in [0.1, 0.15) is 11.6 Å². The number of carbonyl (C=O) groups excluding carboxylic acids is 1. The first-order chi connectivity index (χ1) is 7.81. The van der Waals surface area contributed by atoms with Gasteiger partial charge in [0.05, 0.1) is 12.8 Å². The highest BCUT2D eigenvalue weighted by Crippen LogP contribution is 2.25. The van der Waals surface area contributed by atoms with Gasteiger partial charge in [0, 0.05) is 18.0 Å². The summed E-state index contributed by atoms with van der Waals surface area (Å²) in [7, 11) is 1.45. The summed E-state index contributed by atoms with van der Waals surface area (Å²) in [5, 5.41) is 2.57. The van der Waals surface area contributed by atoms with E-state index in [1.54, 1.807) is 13.8 Å².